The van der Waals surface area contributed by atoms with Crippen molar-refractivity contribution in [2.45, 2.75) is 58.8 Å². The second-order valence-corrected chi connectivity index (χ2v) is 7.82. The molecule has 1 aliphatic carbocycles. The van der Waals surface area contributed by atoms with Crippen molar-refractivity contribution in [1.82, 2.24) is 0 Å². The maximum atomic E-state index is 11.8. The smallest absolute Gasteiger partial charge is 0.338 e. The zero-order valence-electron chi connectivity index (χ0n) is 15.6. The van der Waals surface area contributed by atoms with Crippen molar-refractivity contribution < 1.29 is 14.3 Å². The third-order valence-corrected chi connectivity index (χ3v) is 5.83. The van der Waals surface area contributed by atoms with Gasteiger partial charge in [-0.15, -0.1) is 0 Å². The van der Waals surface area contributed by atoms with E-state index in [-0.39, 0.29) is 5.97 Å². The van der Waals surface area contributed by atoms with E-state index in [0.29, 0.717) is 17.2 Å². The van der Waals surface area contributed by atoms with E-state index >= 15 is 0 Å². The van der Waals surface area contributed by atoms with E-state index < -0.39 is 0 Å². The van der Waals surface area contributed by atoms with Crippen molar-refractivity contribution in [2.75, 3.05) is 6.61 Å². The van der Waals surface area contributed by atoms with E-state index in [1.165, 1.54) is 32.1 Å². The Morgan fingerprint density at radius 3 is 2.68 bits per heavy atom. The molecule has 0 bridgehead atoms. The highest BCUT2D eigenvalue weighted by Gasteiger charge is 2.30. The predicted octanol–water partition coefficient (Wildman–Crippen LogP) is 5.33. The van der Waals surface area contributed by atoms with Crippen molar-refractivity contribution in [3.63, 3.8) is 0 Å². The normalized spacial score (nSPS) is 24.4. The molecule has 1 aromatic carbocycles. The van der Waals surface area contributed by atoms with Gasteiger partial charge >= 0.3 is 5.97 Å². The first-order valence-electron chi connectivity index (χ1n) is 9.68. The second-order valence-electron chi connectivity index (χ2n) is 7.82. The van der Waals surface area contributed by atoms with Crippen LogP contribution in [0.15, 0.2) is 30.4 Å². The van der Waals surface area contributed by atoms with Crippen molar-refractivity contribution in [2.24, 2.45) is 17.8 Å². The van der Waals surface area contributed by atoms with E-state index in [4.69, 9.17) is 9.47 Å². The van der Waals surface area contributed by atoms with Crippen LogP contribution in [0.4, 0.5) is 0 Å². The average Bonchev–Trinajstić information content (AvgIpc) is 2.59. The standard InChI is InChI=1S/C22H30O3/c1-15(2)22(23)25-19-9-10-21-18(14-19)13-16(3)20(11-12-24-21)17-7-5-4-6-8-17/h9-10,14,16-17,20H,1,4-8,11-13H2,2-3H3. The summed E-state index contributed by atoms with van der Waals surface area (Å²) in [5.41, 5.74) is 1.56. The molecule has 2 atom stereocenters. The Labute approximate surface area is 151 Å². The van der Waals surface area contributed by atoms with E-state index in [0.717, 1.165) is 42.6 Å². The molecule has 1 fully saturated rings. The van der Waals surface area contributed by atoms with Crippen LogP contribution in [0.5, 0.6) is 11.5 Å². The average molecular weight is 342 g/mol. The summed E-state index contributed by atoms with van der Waals surface area (Å²) in [7, 11) is 0. The van der Waals surface area contributed by atoms with Gasteiger partial charge in [0.25, 0.3) is 0 Å². The summed E-state index contributed by atoms with van der Waals surface area (Å²) >= 11 is 0. The predicted molar refractivity (Wildman–Crippen MR) is 99.9 cm³/mol. The van der Waals surface area contributed by atoms with E-state index in [1.54, 1.807) is 6.92 Å². The van der Waals surface area contributed by atoms with Gasteiger partial charge in [0, 0.05) is 5.57 Å². The molecule has 1 saturated carbocycles. The lowest BCUT2D eigenvalue weighted by atomic mass is 9.71. The number of hydrogen-bond donors (Lipinski definition) is 0. The van der Waals surface area contributed by atoms with Crippen LogP contribution in [-0.4, -0.2) is 12.6 Å². The molecular formula is C22H30O3. The first kappa shape index (κ1) is 18.0. The number of carbonyl (C=O) groups is 1. The molecule has 0 amide bonds. The molecule has 3 rings (SSSR count). The van der Waals surface area contributed by atoms with Gasteiger partial charge in [-0.2, -0.15) is 0 Å². The van der Waals surface area contributed by atoms with Crippen LogP contribution in [0.1, 0.15) is 57.9 Å². The number of carbonyl (C=O) groups excluding carboxylic acids is 1. The Kier molecular flexibility index (Phi) is 5.82. The zero-order chi connectivity index (χ0) is 17.8. The number of benzene rings is 1. The van der Waals surface area contributed by atoms with Gasteiger partial charge in [-0.3, -0.25) is 0 Å². The molecule has 1 heterocycles. The lowest BCUT2D eigenvalue weighted by molar-refractivity contribution is -0.130. The molecule has 0 spiro atoms. The maximum Gasteiger partial charge on any atom is 0.338 e. The first-order valence-corrected chi connectivity index (χ1v) is 9.68. The number of fused-ring (bicyclic) bond motifs is 1. The third kappa shape index (κ3) is 4.45. The zero-order valence-corrected chi connectivity index (χ0v) is 15.6. The Morgan fingerprint density at radius 2 is 1.96 bits per heavy atom. The molecule has 0 saturated heterocycles. The second kappa shape index (κ2) is 8.07. The van der Waals surface area contributed by atoms with E-state index in [1.807, 2.05) is 18.2 Å². The fraction of sp³-hybridized carbons (Fsp3) is 0.591. The summed E-state index contributed by atoms with van der Waals surface area (Å²) in [6, 6.07) is 5.71. The molecule has 0 aromatic heterocycles. The lowest BCUT2D eigenvalue weighted by Crippen LogP contribution is -2.28. The number of rotatable bonds is 3. The highest BCUT2D eigenvalue weighted by Crippen LogP contribution is 2.40. The van der Waals surface area contributed by atoms with Crippen LogP contribution in [0.3, 0.4) is 0 Å². The van der Waals surface area contributed by atoms with Crippen LogP contribution in [-0.2, 0) is 11.2 Å². The highest BCUT2D eigenvalue weighted by atomic mass is 16.5. The third-order valence-electron chi connectivity index (χ3n) is 5.83. The Balaban J connectivity index is 1.75. The molecule has 2 aliphatic rings. The molecule has 1 aromatic rings. The minimum atomic E-state index is -0.375. The van der Waals surface area contributed by atoms with Crippen molar-refractivity contribution in [3.8, 4) is 11.5 Å². The summed E-state index contributed by atoms with van der Waals surface area (Å²) in [5.74, 6) is 3.34. The Hall–Kier alpha value is -1.77. The number of esters is 1. The van der Waals surface area contributed by atoms with E-state index in [9.17, 15) is 4.79 Å². The van der Waals surface area contributed by atoms with Crippen molar-refractivity contribution >= 4 is 5.97 Å². The van der Waals surface area contributed by atoms with Gasteiger partial charge in [0.1, 0.15) is 11.5 Å². The molecule has 3 heteroatoms. The fourth-order valence-electron chi connectivity index (χ4n) is 4.46. The van der Waals surface area contributed by atoms with Gasteiger partial charge in [-0.05, 0) is 61.3 Å². The largest absolute Gasteiger partial charge is 0.493 e. The van der Waals surface area contributed by atoms with Gasteiger partial charge in [0.15, 0.2) is 0 Å². The monoisotopic (exact) mass is 342 g/mol. The fourth-order valence-corrected chi connectivity index (χ4v) is 4.46. The summed E-state index contributed by atoms with van der Waals surface area (Å²) in [5, 5.41) is 0. The van der Waals surface area contributed by atoms with Crippen molar-refractivity contribution in [1.29, 1.82) is 0 Å². The minimum absolute atomic E-state index is 0.375. The van der Waals surface area contributed by atoms with E-state index in [2.05, 4.69) is 13.5 Å². The van der Waals surface area contributed by atoms with Crippen LogP contribution >= 0.6 is 0 Å². The highest BCUT2D eigenvalue weighted by molar-refractivity contribution is 5.88. The van der Waals surface area contributed by atoms with Gasteiger partial charge in [0.2, 0.25) is 0 Å². The molecule has 0 radical (unpaired) electrons. The Morgan fingerprint density at radius 1 is 1.20 bits per heavy atom. The van der Waals surface area contributed by atoms with Crippen LogP contribution in [0.2, 0.25) is 0 Å². The van der Waals surface area contributed by atoms with Gasteiger partial charge in [-0.1, -0.05) is 45.6 Å². The molecule has 136 valence electrons. The molecule has 1 aliphatic heterocycles. The van der Waals surface area contributed by atoms with Crippen LogP contribution in [0.25, 0.3) is 0 Å². The quantitative estimate of drug-likeness (QED) is 0.423. The number of ether oxygens (including phenoxy) is 2. The minimum Gasteiger partial charge on any atom is -0.493 e. The molecular weight excluding hydrogens is 312 g/mol. The maximum absolute atomic E-state index is 11.8. The topological polar surface area (TPSA) is 35.5 Å². The van der Waals surface area contributed by atoms with Crippen LogP contribution in [0, 0.1) is 17.8 Å². The van der Waals surface area contributed by atoms with Gasteiger partial charge in [0.05, 0.1) is 6.61 Å². The summed E-state index contributed by atoms with van der Waals surface area (Å²) < 4.78 is 11.4. The summed E-state index contributed by atoms with van der Waals surface area (Å²) in [6.45, 7) is 8.46. The SMILES string of the molecule is C=C(C)C(=O)Oc1ccc2c(c1)CC(C)C(C1CCCCC1)CCO2. The van der Waals surface area contributed by atoms with Crippen LogP contribution < -0.4 is 9.47 Å². The summed E-state index contributed by atoms with van der Waals surface area (Å²) in [6.07, 6.45) is 9.04. The Bertz CT molecular complexity index is 628. The molecule has 2 unspecified atom stereocenters. The van der Waals surface area contributed by atoms with Crippen molar-refractivity contribution in [3.05, 3.63) is 35.9 Å². The van der Waals surface area contributed by atoms with Gasteiger partial charge in [-0.25, -0.2) is 4.79 Å². The lowest BCUT2D eigenvalue weighted by Gasteiger charge is -2.36. The summed E-state index contributed by atoms with van der Waals surface area (Å²) in [4.78, 5) is 11.8. The number of hydrogen-bond acceptors (Lipinski definition) is 3. The molecule has 25 heavy (non-hydrogen) atoms. The molecule has 0 N–H and O–H groups in total. The molecule has 3 nitrogen and oxygen atoms in total. The van der Waals surface area contributed by atoms with Gasteiger partial charge < -0.3 is 9.47 Å². The first-order chi connectivity index (χ1) is 12.0.